The van der Waals surface area contributed by atoms with E-state index >= 15 is 0 Å². The van der Waals surface area contributed by atoms with Crippen molar-refractivity contribution in [3.63, 3.8) is 0 Å². The molecule has 1 atom stereocenters. The summed E-state index contributed by atoms with van der Waals surface area (Å²) < 4.78 is 5.42. The van der Waals surface area contributed by atoms with Gasteiger partial charge in [-0.2, -0.15) is 0 Å². The number of esters is 1. The highest BCUT2D eigenvalue weighted by molar-refractivity contribution is 5.66. The van der Waals surface area contributed by atoms with Gasteiger partial charge in [-0.05, 0) is 0 Å². The molecule has 1 aliphatic rings. The standard InChI is InChI=1S/C12H23NO2/c1-10(14)15-11(12(2,3)4)9-13-7-5-6-8-13/h11H,5-9H2,1-4H3/p+1. The molecule has 1 fully saturated rings. The van der Waals surface area contributed by atoms with Crippen molar-refractivity contribution in [2.75, 3.05) is 19.6 Å². The molecule has 1 rings (SSSR count). The largest absolute Gasteiger partial charge is 0.456 e. The lowest BCUT2D eigenvalue weighted by Crippen LogP contribution is -3.11. The summed E-state index contributed by atoms with van der Waals surface area (Å²) in [6.07, 6.45) is 2.67. The van der Waals surface area contributed by atoms with Crippen LogP contribution in [0.4, 0.5) is 0 Å². The van der Waals surface area contributed by atoms with E-state index in [0.717, 1.165) is 6.54 Å². The molecule has 1 aliphatic heterocycles. The van der Waals surface area contributed by atoms with Gasteiger partial charge < -0.3 is 9.64 Å². The predicted molar refractivity (Wildman–Crippen MR) is 59.8 cm³/mol. The highest BCUT2D eigenvalue weighted by Gasteiger charge is 2.32. The van der Waals surface area contributed by atoms with Crippen molar-refractivity contribution < 1.29 is 14.4 Å². The lowest BCUT2D eigenvalue weighted by molar-refractivity contribution is -0.891. The zero-order chi connectivity index (χ0) is 11.5. The number of likely N-dealkylation sites (tertiary alicyclic amines) is 1. The van der Waals surface area contributed by atoms with Gasteiger partial charge in [-0.25, -0.2) is 0 Å². The van der Waals surface area contributed by atoms with Crippen molar-refractivity contribution in [3.8, 4) is 0 Å². The Morgan fingerprint density at radius 2 is 1.87 bits per heavy atom. The van der Waals surface area contributed by atoms with Gasteiger partial charge in [-0.1, -0.05) is 20.8 Å². The average molecular weight is 214 g/mol. The molecule has 15 heavy (non-hydrogen) atoms. The Morgan fingerprint density at radius 1 is 1.33 bits per heavy atom. The SMILES string of the molecule is CC(=O)OC(C[NH+]1CCCC1)C(C)(C)C. The van der Waals surface area contributed by atoms with E-state index in [2.05, 4.69) is 20.8 Å². The van der Waals surface area contributed by atoms with Gasteiger partial charge in [-0.3, -0.25) is 4.79 Å². The van der Waals surface area contributed by atoms with Gasteiger partial charge in [0, 0.05) is 25.2 Å². The number of hydrogen-bond donors (Lipinski definition) is 1. The summed E-state index contributed by atoms with van der Waals surface area (Å²) in [4.78, 5) is 12.6. The van der Waals surface area contributed by atoms with Gasteiger partial charge >= 0.3 is 5.97 Å². The third-order valence-electron chi connectivity index (χ3n) is 3.06. The van der Waals surface area contributed by atoms with E-state index in [4.69, 9.17) is 4.74 Å². The van der Waals surface area contributed by atoms with Crippen LogP contribution in [-0.2, 0) is 9.53 Å². The molecule has 0 amide bonds. The number of carbonyl (C=O) groups excluding carboxylic acids is 1. The maximum Gasteiger partial charge on any atom is 0.303 e. The summed E-state index contributed by atoms with van der Waals surface area (Å²) in [5, 5.41) is 0. The topological polar surface area (TPSA) is 30.7 Å². The van der Waals surface area contributed by atoms with Crippen LogP contribution in [0.15, 0.2) is 0 Å². The molecule has 0 saturated carbocycles. The molecule has 0 aromatic heterocycles. The quantitative estimate of drug-likeness (QED) is 0.699. The van der Waals surface area contributed by atoms with Gasteiger partial charge in [0.05, 0.1) is 13.1 Å². The molecule has 0 aromatic carbocycles. The monoisotopic (exact) mass is 214 g/mol. The van der Waals surface area contributed by atoms with Crippen molar-refractivity contribution in [1.29, 1.82) is 0 Å². The van der Waals surface area contributed by atoms with Gasteiger partial charge in [0.2, 0.25) is 0 Å². The van der Waals surface area contributed by atoms with Crippen LogP contribution in [-0.4, -0.2) is 31.7 Å². The fraction of sp³-hybridized carbons (Fsp3) is 0.917. The normalized spacial score (nSPS) is 20.3. The van der Waals surface area contributed by atoms with E-state index in [-0.39, 0.29) is 17.5 Å². The van der Waals surface area contributed by atoms with Crippen LogP contribution in [0.2, 0.25) is 0 Å². The van der Waals surface area contributed by atoms with E-state index in [0.29, 0.717) is 0 Å². The van der Waals surface area contributed by atoms with Crippen LogP contribution >= 0.6 is 0 Å². The van der Waals surface area contributed by atoms with Gasteiger partial charge in [0.15, 0.2) is 6.10 Å². The number of carbonyl (C=O) groups is 1. The second-order valence-corrected chi connectivity index (χ2v) is 5.63. The first-order valence-corrected chi connectivity index (χ1v) is 5.90. The summed E-state index contributed by atoms with van der Waals surface area (Å²) in [7, 11) is 0. The first-order chi connectivity index (χ1) is 6.89. The Morgan fingerprint density at radius 3 is 2.27 bits per heavy atom. The number of hydrogen-bond acceptors (Lipinski definition) is 2. The molecular formula is C12H24NO2+. The predicted octanol–water partition coefficient (Wildman–Crippen LogP) is 0.643. The molecule has 3 heteroatoms. The van der Waals surface area contributed by atoms with Gasteiger partial charge in [0.1, 0.15) is 6.54 Å². The highest BCUT2D eigenvalue weighted by atomic mass is 16.5. The Labute approximate surface area is 92.8 Å². The van der Waals surface area contributed by atoms with E-state index in [1.54, 1.807) is 4.90 Å². The van der Waals surface area contributed by atoms with Crippen LogP contribution < -0.4 is 4.90 Å². The Hall–Kier alpha value is -0.570. The number of quaternary nitrogens is 1. The third kappa shape index (κ3) is 4.20. The average Bonchev–Trinajstić information content (AvgIpc) is 2.53. The molecule has 3 nitrogen and oxygen atoms in total. The summed E-state index contributed by atoms with van der Waals surface area (Å²) in [6.45, 7) is 11.3. The zero-order valence-electron chi connectivity index (χ0n) is 10.4. The van der Waals surface area contributed by atoms with Crippen molar-refractivity contribution in [2.24, 2.45) is 5.41 Å². The number of rotatable bonds is 3. The van der Waals surface area contributed by atoms with Crippen molar-refractivity contribution >= 4 is 5.97 Å². The van der Waals surface area contributed by atoms with Gasteiger partial charge in [-0.15, -0.1) is 0 Å². The smallest absolute Gasteiger partial charge is 0.303 e. The highest BCUT2D eigenvalue weighted by Crippen LogP contribution is 2.21. The summed E-state index contributed by atoms with van der Waals surface area (Å²) in [6, 6.07) is 0. The minimum Gasteiger partial charge on any atom is -0.456 e. The minimum absolute atomic E-state index is 0.0429. The van der Waals surface area contributed by atoms with Crippen LogP contribution in [0.3, 0.4) is 0 Å². The fourth-order valence-corrected chi connectivity index (χ4v) is 2.07. The maximum atomic E-state index is 11.0. The van der Waals surface area contributed by atoms with Crippen molar-refractivity contribution in [2.45, 2.75) is 46.6 Å². The maximum absolute atomic E-state index is 11.0. The van der Waals surface area contributed by atoms with E-state index in [1.165, 1.54) is 32.9 Å². The summed E-state index contributed by atoms with van der Waals surface area (Å²) >= 11 is 0. The van der Waals surface area contributed by atoms with Crippen LogP contribution in [0, 0.1) is 5.41 Å². The molecule has 0 aromatic rings. The molecule has 0 aliphatic carbocycles. The lowest BCUT2D eigenvalue weighted by atomic mass is 9.88. The molecule has 88 valence electrons. The molecule has 0 spiro atoms. The molecule has 1 N–H and O–H groups in total. The van der Waals surface area contributed by atoms with Crippen LogP contribution in [0.1, 0.15) is 40.5 Å². The molecule has 0 bridgehead atoms. The van der Waals surface area contributed by atoms with E-state index in [9.17, 15) is 4.79 Å². The van der Waals surface area contributed by atoms with Crippen molar-refractivity contribution in [1.82, 2.24) is 0 Å². The third-order valence-corrected chi connectivity index (χ3v) is 3.06. The molecule has 1 unspecified atom stereocenters. The molecule has 1 heterocycles. The number of nitrogens with one attached hydrogen (secondary N) is 1. The van der Waals surface area contributed by atoms with Crippen molar-refractivity contribution in [3.05, 3.63) is 0 Å². The zero-order valence-corrected chi connectivity index (χ0v) is 10.4. The Bertz CT molecular complexity index is 214. The Kier molecular flexibility index (Phi) is 4.14. The van der Waals surface area contributed by atoms with Crippen LogP contribution in [0.25, 0.3) is 0 Å². The molecule has 1 saturated heterocycles. The van der Waals surface area contributed by atoms with Crippen LogP contribution in [0.5, 0.6) is 0 Å². The lowest BCUT2D eigenvalue weighted by Gasteiger charge is -2.31. The second-order valence-electron chi connectivity index (χ2n) is 5.63. The minimum atomic E-state index is -0.159. The molecule has 0 radical (unpaired) electrons. The van der Waals surface area contributed by atoms with E-state index in [1.807, 2.05) is 0 Å². The Balaban J connectivity index is 2.51. The first kappa shape index (κ1) is 12.5. The molecular weight excluding hydrogens is 190 g/mol. The summed E-state index contributed by atoms with van der Waals surface area (Å²) in [5.41, 5.74) is 0.0429. The van der Waals surface area contributed by atoms with Gasteiger partial charge in [0.25, 0.3) is 0 Å². The second kappa shape index (κ2) is 4.97. The van der Waals surface area contributed by atoms with E-state index < -0.39 is 0 Å². The summed E-state index contributed by atoms with van der Waals surface area (Å²) in [5.74, 6) is -0.159. The fourth-order valence-electron chi connectivity index (χ4n) is 2.07. The number of ether oxygens (including phenoxy) is 1. The first-order valence-electron chi connectivity index (χ1n) is 5.90.